The van der Waals surface area contributed by atoms with Crippen LogP contribution in [0.1, 0.15) is 11.3 Å². The monoisotopic (exact) mass is 245 g/mol. The number of phenols is 1. The molecule has 0 bridgehead atoms. The number of aliphatic imine (C=N–C) groups is 1. The Bertz CT molecular complexity index is 641. The number of phenolic OH excluding ortho intramolecular Hbond substituents is 1. The van der Waals surface area contributed by atoms with Crippen LogP contribution in [0, 0.1) is 6.92 Å². The van der Waals surface area contributed by atoms with Gasteiger partial charge in [-0.05, 0) is 31.2 Å². The number of benzene rings is 1. The van der Waals surface area contributed by atoms with Gasteiger partial charge in [0.2, 0.25) is 0 Å². The maximum absolute atomic E-state index is 11.5. The van der Waals surface area contributed by atoms with Crippen molar-refractivity contribution in [2.75, 3.05) is 0 Å². The van der Waals surface area contributed by atoms with E-state index in [-0.39, 0.29) is 17.1 Å². The summed E-state index contributed by atoms with van der Waals surface area (Å²) in [5.74, 6) is 0.289. The molecule has 1 aromatic heterocycles. The zero-order valence-electron chi connectivity index (χ0n) is 9.62. The van der Waals surface area contributed by atoms with Crippen LogP contribution in [-0.4, -0.2) is 16.4 Å². The van der Waals surface area contributed by atoms with E-state index in [1.54, 1.807) is 19.1 Å². The molecule has 0 aliphatic heterocycles. The average molecular weight is 245 g/mol. The average Bonchev–Trinajstić information content (AvgIpc) is 2.30. The molecule has 0 spiro atoms. The lowest BCUT2D eigenvalue weighted by Crippen LogP contribution is -2.07. The molecule has 0 aliphatic rings. The Morgan fingerprint density at radius 1 is 1.22 bits per heavy atom. The van der Waals surface area contributed by atoms with Gasteiger partial charge in [-0.3, -0.25) is 4.99 Å². The lowest BCUT2D eigenvalue weighted by Gasteiger charge is -1.98. The molecule has 0 saturated carbocycles. The number of hydrogen-bond donors (Lipinski definition) is 2. The first-order chi connectivity index (χ1) is 8.56. The van der Waals surface area contributed by atoms with E-state index < -0.39 is 5.63 Å². The predicted molar refractivity (Wildman–Crippen MR) is 66.7 cm³/mol. The van der Waals surface area contributed by atoms with Crippen LogP contribution >= 0.6 is 0 Å². The molecule has 2 N–H and O–H groups in total. The molecule has 0 saturated heterocycles. The van der Waals surface area contributed by atoms with E-state index in [4.69, 9.17) is 9.52 Å². The highest BCUT2D eigenvalue weighted by atomic mass is 16.4. The second kappa shape index (κ2) is 4.75. The minimum Gasteiger partial charge on any atom is -0.508 e. The fraction of sp³-hybridized carbons (Fsp3) is 0.0769. The maximum Gasteiger partial charge on any atom is 0.348 e. The normalized spacial score (nSPS) is 10.9. The van der Waals surface area contributed by atoms with Gasteiger partial charge in [0.25, 0.3) is 0 Å². The summed E-state index contributed by atoms with van der Waals surface area (Å²) in [5, 5.41) is 18.7. The third-order valence-corrected chi connectivity index (χ3v) is 2.28. The molecule has 0 radical (unpaired) electrons. The molecular weight excluding hydrogens is 234 g/mol. The van der Waals surface area contributed by atoms with E-state index in [2.05, 4.69) is 4.99 Å². The van der Waals surface area contributed by atoms with Gasteiger partial charge in [0.05, 0.1) is 5.69 Å². The van der Waals surface area contributed by atoms with Crippen molar-refractivity contribution in [2.45, 2.75) is 6.92 Å². The van der Waals surface area contributed by atoms with E-state index in [0.29, 0.717) is 11.4 Å². The number of aromatic hydroxyl groups is 2. The van der Waals surface area contributed by atoms with Crippen molar-refractivity contribution in [2.24, 2.45) is 4.99 Å². The van der Waals surface area contributed by atoms with Crippen LogP contribution in [0.3, 0.4) is 0 Å². The van der Waals surface area contributed by atoms with Crippen LogP contribution in [-0.2, 0) is 0 Å². The highest BCUT2D eigenvalue weighted by Crippen LogP contribution is 2.18. The largest absolute Gasteiger partial charge is 0.508 e. The molecule has 2 rings (SSSR count). The second-order valence-electron chi connectivity index (χ2n) is 3.72. The van der Waals surface area contributed by atoms with Crippen molar-refractivity contribution in [3.8, 4) is 11.5 Å². The molecule has 18 heavy (non-hydrogen) atoms. The summed E-state index contributed by atoms with van der Waals surface area (Å²) in [6.07, 6.45) is 1.23. The van der Waals surface area contributed by atoms with Gasteiger partial charge in [0, 0.05) is 12.3 Å². The highest BCUT2D eigenvalue weighted by Gasteiger charge is 2.06. The Morgan fingerprint density at radius 2 is 1.89 bits per heavy atom. The standard InChI is InChI=1S/C13H11NO4/c1-8-6-12(16)11(13(17)18-8)7-14-9-2-4-10(15)5-3-9/h2-7,15-16H,1H3. The minimum atomic E-state index is -0.643. The van der Waals surface area contributed by atoms with Crippen LogP contribution in [0.2, 0.25) is 0 Å². The second-order valence-corrected chi connectivity index (χ2v) is 3.72. The molecule has 0 amide bonds. The van der Waals surface area contributed by atoms with Crippen LogP contribution in [0.25, 0.3) is 0 Å². The van der Waals surface area contributed by atoms with Crippen molar-refractivity contribution >= 4 is 11.9 Å². The van der Waals surface area contributed by atoms with E-state index in [1.165, 1.54) is 24.4 Å². The molecule has 0 atom stereocenters. The van der Waals surface area contributed by atoms with Crippen molar-refractivity contribution in [1.29, 1.82) is 0 Å². The lowest BCUT2D eigenvalue weighted by atomic mass is 10.2. The summed E-state index contributed by atoms with van der Waals surface area (Å²) in [6, 6.07) is 7.46. The molecule has 0 aliphatic carbocycles. The minimum absolute atomic E-state index is 0.00586. The van der Waals surface area contributed by atoms with Gasteiger partial charge in [-0.1, -0.05) is 0 Å². The molecule has 1 heterocycles. The van der Waals surface area contributed by atoms with E-state index >= 15 is 0 Å². The maximum atomic E-state index is 11.5. The van der Waals surface area contributed by atoms with Crippen LogP contribution in [0.4, 0.5) is 5.69 Å². The van der Waals surface area contributed by atoms with Gasteiger partial charge in [-0.25, -0.2) is 4.79 Å². The summed E-state index contributed by atoms with van der Waals surface area (Å²) < 4.78 is 4.85. The summed E-state index contributed by atoms with van der Waals surface area (Å²) in [5.41, 5.74) is -0.101. The summed E-state index contributed by atoms with van der Waals surface area (Å²) in [4.78, 5) is 15.5. The molecule has 5 heteroatoms. The molecule has 2 aromatic rings. The highest BCUT2D eigenvalue weighted by molar-refractivity contribution is 5.84. The zero-order valence-corrected chi connectivity index (χ0v) is 9.62. The van der Waals surface area contributed by atoms with Crippen molar-refractivity contribution in [3.63, 3.8) is 0 Å². The molecule has 1 aromatic carbocycles. The first-order valence-corrected chi connectivity index (χ1v) is 5.23. The van der Waals surface area contributed by atoms with Gasteiger partial charge < -0.3 is 14.6 Å². The predicted octanol–water partition coefficient (Wildman–Crippen LogP) is 2.11. The smallest absolute Gasteiger partial charge is 0.348 e. The fourth-order valence-corrected chi connectivity index (χ4v) is 1.40. The van der Waals surface area contributed by atoms with Crippen molar-refractivity contribution < 1.29 is 14.6 Å². The summed E-state index contributed by atoms with van der Waals surface area (Å²) in [6.45, 7) is 1.57. The number of hydrogen-bond acceptors (Lipinski definition) is 5. The first-order valence-electron chi connectivity index (χ1n) is 5.23. The Labute approximate surface area is 103 Å². The number of rotatable bonds is 2. The summed E-state index contributed by atoms with van der Waals surface area (Å²) in [7, 11) is 0. The molecule has 5 nitrogen and oxygen atoms in total. The number of nitrogens with zero attached hydrogens (tertiary/aromatic N) is 1. The van der Waals surface area contributed by atoms with Crippen molar-refractivity contribution in [3.05, 3.63) is 52.1 Å². The van der Waals surface area contributed by atoms with Gasteiger partial charge in [-0.15, -0.1) is 0 Å². The first kappa shape index (κ1) is 11.9. The Balaban J connectivity index is 2.35. The third kappa shape index (κ3) is 2.57. The Kier molecular flexibility index (Phi) is 3.14. The van der Waals surface area contributed by atoms with Crippen molar-refractivity contribution in [1.82, 2.24) is 0 Å². The van der Waals surface area contributed by atoms with Gasteiger partial charge in [0.15, 0.2) is 0 Å². The summed E-state index contributed by atoms with van der Waals surface area (Å²) >= 11 is 0. The zero-order chi connectivity index (χ0) is 13.1. The molecule has 92 valence electrons. The third-order valence-electron chi connectivity index (χ3n) is 2.28. The fourth-order valence-electron chi connectivity index (χ4n) is 1.40. The van der Waals surface area contributed by atoms with Crippen LogP contribution < -0.4 is 5.63 Å². The lowest BCUT2D eigenvalue weighted by molar-refractivity contribution is 0.433. The molecular formula is C13H11NO4. The van der Waals surface area contributed by atoms with E-state index in [1.807, 2.05) is 0 Å². The topological polar surface area (TPSA) is 83.0 Å². The van der Waals surface area contributed by atoms with Gasteiger partial charge in [0.1, 0.15) is 22.8 Å². The molecule has 0 unspecified atom stereocenters. The van der Waals surface area contributed by atoms with Crippen LogP contribution in [0.15, 0.2) is 44.5 Å². The van der Waals surface area contributed by atoms with Gasteiger partial charge in [-0.2, -0.15) is 0 Å². The Morgan fingerprint density at radius 3 is 2.50 bits per heavy atom. The Hall–Kier alpha value is -2.56. The van der Waals surface area contributed by atoms with E-state index in [9.17, 15) is 9.90 Å². The number of aryl methyl sites for hydroxylation is 1. The quantitative estimate of drug-likeness (QED) is 0.794. The SMILES string of the molecule is Cc1cc(O)c(C=Nc2ccc(O)cc2)c(=O)o1. The van der Waals surface area contributed by atoms with Gasteiger partial charge >= 0.3 is 5.63 Å². The van der Waals surface area contributed by atoms with Crippen LogP contribution in [0.5, 0.6) is 11.5 Å². The molecule has 0 fully saturated rings. The van der Waals surface area contributed by atoms with E-state index in [0.717, 1.165) is 0 Å².